The van der Waals surface area contributed by atoms with Crippen LogP contribution in [-0.2, 0) is 11.3 Å². The van der Waals surface area contributed by atoms with Crippen LogP contribution in [-0.4, -0.2) is 36.4 Å². The third kappa shape index (κ3) is 5.53. The maximum atomic E-state index is 12.6. The number of rotatable bonds is 9. The molecule has 0 spiro atoms. The summed E-state index contributed by atoms with van der Waals surface area (Å²) in [5.41, 5.74) is 2.82. The van der Waals surface area contributed by atoms with Crippen LogP contribution >= 0.6 is 0 Å². The first-order valence-corrected chi connectivity index (χ1v) is 10.0. The van der Waals surface area contributed by atoms with Gasteiger partial charge >= 0.3 is 0 Å². The maximum absolute atomic E-state index is 12.6. The number of carbonyl (C=O) groups is 1. The topological polar surface area (TPSA) is 95.7 Å². The van der Waals surface area contributed by atoms with Crippen molar-refractivity contribution in [1.29, 1.82) is 0 Å². The summed E-state index contributed by atoms with van der Waals surface area (Å²) in [6.07, 6.45) is -0.0954. The molecule has 0 aliphatic heterocycles. The van der Waals surface area contributed by atoms with E-state index in [0.29, 0.717) is 35.1 Å². The highest BCUT2D eigenvalue weighted by Crippen LogP contribution is 2.31. The van der Waals surface area contributed by atoms with Gasteiger partial charge in [0.05, 0.1) is 26.3 Å². The third-order valence-corrected chi connectivity index (χ3v) is 4.67. The van der Waals surface area contributed by atoms with E-state index in [1.54, 1.807) is 32.4 Å². The van der Waals surface area contributed by atoms with Gasteiger partial charge in [-0.05, 0) is 55.7 Å². The van der Waals surface area contributed by atoms with Crippen molar-refractivity contribution in [1.82, 2.24) is 15.5 Å². The fraction of sp³-hybridized carbons (Fsp3) is 0.348. The normalized spacial score (nSPS) is 11.6. The molecule has 8 heteroatoms. The highest BCUT2D eigenvalue weighted by atomic mass is 16.5. The average Bonchev–Trinajstić information content (AvgIpc) is 3.23. The first-order chi connectivity index (χ1) is 14.9. The number of carbonyl (C=O) groups excluding carboxylic acids is 1. The second kappa shape index (κ2) is 9.97. The van der Waals surface area contributed by atoms with Crippen LogP contribution < -0.4 is 19.5 Å². The molecule has 1 heterocycles. The number of amides is 1. The summed E-state index contributed by atoms with van der Waals surface area (Å²) in [6.45, 7) is 5.97. The summed E-state index contributed by atoms with van der Waals surface area (Å²) in [6, 6.07) is 11.2. The van der Waals surface area contributed by atoms with Crippen LogP contribution in [0.5, 0.6) is 17.2 Å². The molecule has 31 heavy (non-hydrogen) atoms. The van der Waals surface area contributed by atoms with Crippen molar-refractivity contribution in [3.05, 3.63) is 53.4 Å². The first kappa shape index (κ1) is 22.1. The Hall–Kier alpha value is -3.55. The van der Waals surface area contributed by atoms with Crippen LogP contribution in [0.4, 0.5) is 0 Å². The number of nitrogens with one attached hydrogen (secondary N) is 1. The van der Waals surface area contributed by atoms with E-state index in [1.807, 2.05) is 32.9 Å². The molecule has 0 fully saturated rings. The van der Waals surface area contributed by atoms with Gasteiger partial charge in [0, 0.05) is 6.07 Å². The molecule has 1 unspecified atom stereocenters. The van der Waals surface area contributed by atoms with Crippen molar-refractivity contribution in [3.8, 4) is 28.6 Å². The van der Waals surface area contributed by atoms with Gasteiger partial charge in [0.15, 0.2) is 6.10 Å². The molecule has 0 saturated heterocycles. The van der Waals surface area contributed by atoms with E-state index in [-0.39, 0.29) is 18.3 Å². The van der Waals surface area contributed by atoms with Gasteiger partial charge in [0.2, 0.25) is 11.7 Å². The third-order valence-electron chi connectivity index (χ3n) is 4.67. The van der Waals surface area contributed by atoms with Crippen LogP contribution in [0.1, 0.15) is 30.4 Å². The Bertz CT molecular complexity index is 1030. The number of ether oxygens (including phenoxy) is 3. The van der Waals surface area contributed by atoms with Crippen molar-refractivity contribution in [3.63, 3.8) is 0 Å². The van der Waals surface area contributed by atoms with Gasteiger partial charge in [-0.25, -0.2) is 0 Å². The zero-order valence-corrected chi connectivity index (χ0v) is 18.4. The van der Waals surface area contributed by atoms with E-state index in [9.17, 15) is 4.79 Å². The molecule has 1 N–H and O–H groups in total. The summed E-state index contributed by atoms with van der Waals surface area (Å²) in [4.78, 5) is 17.0. The summed E-state index contributed by atoms with van der Waals surface area (Å²) in [7, 11) is 3.14. The van der Waals surface area contributed by atoms with Crippen LogP contribution in [0.3, 0.4) is 0 Å². The zero-order valence-electron chi connectivity index (χ0n) is 18.4. The van der Waals surface area contributed by atoms with Crippen LogP contribution in [0, 0.1) is 13.8 Å². The smallest absolute Gasteiger partial charge is 0.261 e. The number of hydrogen-bond donors (Lipinski definition) is 1. The quantitative estimate of drug-likeness (QED) is 0.556. The number of aryl methyl sites for hydroxylation is 2. The summed E-state index contributed by atoms with van der Waals surface area (Å²) < 4.78 is 21.8. The molecule has 164 valence electrons. The monoisotopic (exact) mass is 425 g/mol. The highest BCUT2D eigenvalue weighted by Gasteiger charge is 2.20. The van der Waals surface area contributed by atoms with Crippen LogP contribution in [0.25, 0.3) is 11.4 Å². The highest BCUT2D eigenvalue weighted by molar-refractivity contribution is 5.81. The summed E-state index contributed by atoms with van der Waals surface area (Å²) in [5, 5.41) is 6.79. The molecule has 1 amide bonds. The maximum Gasteiger partial charge on any atom is 0.261 e. The minimum atomic E-state index is -0.620. The molecule has 0 aliphatic rings. The van der Waals surface area contributed by atoms with Gasteiger partial charge in [0.25, 0.3) is 5.91 Å². The van der Waals surface area contributed by atoms with Crippen LogP contribution in [0.15, 0.2) is 40.9 Å². The second-order valence-corrected chi connectivity index (χ2v) is 7.13. The van der Waals surface area contributed by atoms with Gasteiger partial charge in [-0.1, -0.05) is 18.1 Å². The Kier molecular flexibility index (Phi) is 7.12. The number of hydrogen-bond acceptors (Lipinski definition) is 7. The molecule has 3 rings (SSSR count). The molecule has 2 aromatic carbocycles. The molecule has 1 aromatic heterocycles. The molecule has 0 radical (unpaired) electrons. The first-order valence-electron chi connectivity index (χ1n) is 10.0. The standard InChI is InChI=1S/C23H27N3O5/c1-6-19(30-17-10-14(2)9-15(3)11-17)23(27)24-13-21-25-22(26-31-21)18-8-7-16(28-4)12-20(18)29-5/h7-12,19H,6,13H2,1-5H3,(H,24,27). The lowest BCUT2D eigenvalue weighted by molar-refractivity contribution is -0.128. The molecule has 0 aliphatic carbocycles. The zero-order chi connectivity index (χ0) is 22.4. The van der Waals surface area contributed by atoms with E-state index >= 15 is 0 Å². The molecule has 8 nitrogen and oxygen atoms in total. The number of benzene rings is 2. The Morgan fingerprint density at radius 2 is 1.81 bits per heavy atom. The minimum absolute atomic E-state index is 0.0943. The van der Waals surface area contributed by atoms with Gasteiger partial charge in [-0.3, -0.25) is 4.79 Å². The van der Waals surface area contributed by atoms with E-state index in [2.05, 4.69) is 21.5 Å². The lowest BCUT2D eigenvalue weighted by Crippen LogP contribution is -2.37. The number of methoxy groups -OCH3 is 2. The Morgan fingerprint density at radius 3 is 2.45 bits per heavy atom. The van der Waals surface area contributed by atoms with Crippen LogP contribution in [0.2, 0.25) is 0 Å². The van der Waals surface area contributed by atoms with Crippen molar-refractivity contribution >= 4 is 5.91 Å². The van der Waals surface area contributed by atoms with Gasteiger partial charge in [-0.15, -0.1) is 0 Å². The molecular formula is C23H27N3O5. The number of nitrogens with zero attached hydrogens (tertiary/aromatic N) is 2. The Labute approximate surface area is 181 Å². The Balaban J connectivity index is 1.65. The average molecular weight is 425 g/mol. The summed E-state index contributed by atoms with van der Waals surface area (Å²) in [5.74, 6) is 2.29. The number of aromatic nitrogens is 2. The van der Waals surface area contributed by atoms with E-state index in [1.165, 1.54) is 0 Å². The fourth-order valence-electron chi connectivity index (χ4n) is 3.18. The summed E-state index contributed by atoms with van der Waals surface area (Å²) >= 11 is 0. The van der Waals surface area contributed by atoms with Gasteiger partial charge in [-0.2, -0.15) is 4.98 Å². The van der Waals surface area contributed by atoms with E-state index < -0.39 is 6.10 Å². The van der Waals surface area contributed by atoms with Gasteiger partial charge < -0.3 is 24.1 Å². The van der Waals surface area contributed by atoms with Crippen molar-refractivity contribution in [2.24, 2.45) is 0 Å². The van der Waals surface area contributed by atoms with Crippen molar-refractivity contribution in [2.45, 2.75) is 39.8 Å². The Morgan fingerprint density at radius 1 is 1.06 bits per heavy atom. The molecule has 0 saturated carbocycles. The fourth-order valence-corrected chi connectivity index (χ4v) is 3.18. The molecule has 0 bridgehead atoms. The largest absolute Gasteiger partial charge is 0.497 e. The lowest BCUT2D eigenvalue weighted by atomic mass is 10.1. The molecule has 3 aromatic rings. The van der Waals surface area contributed by atoms with Gasteiger partial charge in [0.1, 0.15) is 17.2 Å². The van der Waals surface area contributed by atoms with Crippen molar-refractivity contribution in [2.75, 3.05) is 14.2 Å². The predicted octanol–water partition coefficient (Wildman–Crippen LogP) is 3.84. The molecular weight excluding hydrogens is 398 g/mol. The second-order valence-electron chi connectivity index (χ2n) is 7.13. The predicted molar refractivity (Wildman–Crippen MR) is 115 cm³/mol. The molecule has 1 atom stereocenters. The van der Waals surface area contributed by atoms with E-state index in [0.717, 1.165) is 11.1 Å². The lowest BCUT2D eigenvalue weighted by Gasteiger charge is -2.17. The SMILES string of the molecule is CCC(Oc1cc(C)cc(C)c1)C(=O)NCc1nc(-c2ccc(OC)cc2OC)no1. The minimum Gasteiger partial charge on any atom is -0.497 e. The van der Waals surface area contributed by atoms with Crippen molar-refractivity contribution < 1.29 is 23.5 Å². The van der Waals surface area contributed by atoms with E-state index in [4.69, 9.17) is 18.7 Å².